The minimum absolute atomic E-state index is 0.0707. The Kier molecular flexibility index (Phi) is 4.88. The van der Waals surface area contributed by atoms with Gasteiger partial charge in [-0.15, -0.1) is 0 Å². The van der Waals surface area contributed by atoms with Crippen LogP contribution in [0.2, 0.25) is 0 Å². The van der Waals surface area contributed by atoms with Crippen molar-refractivity contribution in [3.05, 3.63) is 94.4 Å². The summed E-state index contributed by atoms with van der Waals surface area (Å²) in [6.45, 7) is 1.91. The van der Waals surface area contributed by atoms with Crippen molar-refractivity contribution in [2.24, 2.45) is 0 Å². The van der Waals surface area contributed by atoms with Gasteiger partial charge in [0.25, 0.3) is 11.1 Å². The van der Waals surface area contributed by atoms with Gasteiger partial charge in [0.1, 0.15) is 5.82 Å². The SMILES string of the molecule is Cc1cc(/C=C2/SC(=O)N(Cc3ccccc3F)C2=O)cn1-c1ccccc1. The molecule has 0 saturated carbocycles. The Morgan fingerprint density at radius 1 is 1.04 bits per heavy atom. The van der Waals surface area contributed by atoms with Gasteiger partial charge in [0.05, 0.1) is 11.4 Å². The van der Waals surface area contributed by atoms with Gasteiger partial charge in [-0.1, -0.05) is 36.4 Å². The Balaban J connectivity index is 1.59. The molecule has 0 aliphatic carbocycles. The lowest BCUT2D eigenvalue weighted by molar-refractivity contribution is -0.123. The average molecular weight is 392 g/mol. The van der Waals surface area contributed by atoms with Crippen molar-refractivity contribution in [3.8, 4) is 5.69 Å². The first-order valence-electron chi connectivity index (χ1n) is 8.76. The summed E-state index contributed by atoms with van der Waals surface area (Å²) >= 11 is 0.879. The number of para-hydroxylation sites is 1. The minimum Gasteiger partial charge on any atom is -0.321 e. The average Bonchev–Trinajstić information content (AvgIpc) is 3.18. The lowest BCUT2D eigenvalue weighted by atomic mass is 10.2. The van der Waals surface area contributed by atoms with Crippen LogP contribution in [-0.2, 0) is 11.3 Å². The third-order valence-electron chi connectivity index (χ3n) is 4.53. The molecular formula is C22H17FN2O2S. The zero-order chi connectivity index (χ0) is 19.7. The maximum Gasteiger partial charge on any atom is 0.293 e. The second-order valence-corrected chi connectivity index (χ2v) is 7.47. The van der Waals surface area contributed by atoms with Crippen LogP contribution in [0.1, 0.15) is 16.8 Å². The zero-order valence-corrected chi connectivity index (χ0v) is 15.9. The number of aromatic nitrogens is 1. The number of halogens is 1. The van der Waals surface area contributed by atoms with Crippen LogP contribution in [0, 0.1) is 12.7 Å². The van der Waals surface area contributed by atoms with Crippen LogP contribution in [0.4, 0.5) is 9.18 Å². The maximum absolute atomic E-state index is 13.9. The molecule has 0 radical (unpaired) electrons. The van der Waals surface area contributed by atoms with Gasteiger partial charge < -0.3 is 4.57 Å². The van der Waals surface area contributed by atoms with Crippen LogP contribution in [0.5, 0.6) is 0 Å². The summed E-state index contributed by atoms with van der Waals surface area (Å²) < 4.78 is 15.9. The number of carbonyl (C=O) groups excluding carboxylic acids is 2. The molecule has 6 heteroatoms. The Hall–Kier alpha value is -3.12. The van der Waals surface area contributed by atoms with Gasteiger partial charge in [-0.2, -0.15) is 0 Å². The summed E-state index contributed by atoms with van der Waals surface area (Å²) in [5, 5.41) is -0.390. The summed E-state index contributed by atoms with van der Waals surface area (Å²) in [5.41, 5.74) is 3.19. The Bertz CT molecular complexity index is 1090. The molecule has 0 bridgehead atoms. The fraction of sp³-hybridized carbons (Fsp3) is 0.0909. The highest BCUT2D eigenvalue weighted by atomic mass is 32.2. The maximum atomic E-state index is 13.9. The molecule has 1 aromatic heterocycles. The first kappa shape index (κ1) is 18.3. The highest BCUT2D eigenvalue weighted by Gasteiger charge is 2.35. The molecule has 2 heterocycles. The van der Waals surface area contributed by atoms with E-state index in [1.807, 2.05) is 54.1 Å². The fourth-order valence-electron chi connectivity index (χ4n) is 3.13. The van der Waals surface area contributed by atoms with Crippen molar-refractivity contribution in [3.63, 3.8) is 0 Å². The second-order valence-electron chi connectivity index (χ2n) is 6.48. The Labute approximate surface area is 166 Å². The van der Waals surface area contributed by atoms with Crippen LogP contribution in [0.25, 0.3) is 11.8 Å². The van der Waals surface area contributed by atoms with Crippen molar-refractivity contribution < 1.29 is 14.0 Å². The molecule has 4 rings (SSSR count). The predicted octanol–water partition coefficient (Wildman–Crippen LogP) is 5.16. The number of carbonyl (C=O) groups is 2. The van der Waals surface area contributed by atoms with E-state index in [1.165, 1.54) is 6.07 Å². The summed E-state index contributed by atoms with van der Waals surface area (Å²) in [6, 6.07) is 18.0. The molecule has 0 N–H and O–H groups in total. The van der Waals surface area contributed by atoms with E-state index in [4.69, 9.17) is 0 Å². The van der Waals surface area contributed by atoms with Gasteiger partial charge in [-0.05, 0) is 54.6 Å². The van der Waals surface area contributed by atoms with Gasteiger partial charge in [0.2, 0.25) is 0 Å². The lowest BCUT2D eigenvalue weighted by Gasteiger charge is -2.12. The molecule has 1 fully saturated rings. The third-order valence-corrected chi connectivity index (χ3v) is 5.43. The van der Waals surface area contributed by atoms with Crippen LogP contribution in [-0.4, -0.2) is 20.6 Å². The number of rotatable bonds is 4. The van der Waals surface area contributed by atoms with E-state index in [9.17, 15) is 14.0 Å². The molecule has 0 spiro atoms. The standard InChI is InChI=1S/C22H17FN2O2S/c1-15-11-16(13-24(15)18-8-3-2-4-9-18)12-20-21(26)25(22(27)28-20)14-17-7-5-6-10-19(17)23/h2-13H,14H2,1H3/b20-12+. The molecular weight excluding hydrogens is 375 g/mol. The first-order valence-corrected chi connectivity index (χ1v) is 9.58. The normalized spacial score (nSPS) is 15.6. The fourth-order valence-corrected chi connectivity index (χ4v) is 3.97. The van der Waals surface area contributed by atoms with Crippen molar-refractivity contribution in [2.45, 2.75) is 13.5 Å². The zero-order valence-electron chi connectivity index (χ0n) is 15.1. The third kappa shape index (κ3) is 3.51. The van der Waals surface area contributed by atoms with Gasteiger partial charge in [0.15, 0.2) is 0 Å². The molecule has 140 valence electrons. The van der Waals surface area contributed by atoms with Crippen LogP contribution < -0.4 is 0 Å². The quantitative estimate of drug-likeness (QED) is 0.576. The van der Waals surface area contributed by atoms with Crippen molar-refractivity contribution in [2.75, 3.05) is 0 Å². The predicted molar refractivity (Wildman–Crippen MR) is 108 cm³/mol. The minimum atomic E-state index is -0.430. The molecule has 1 aliphatic heterocycles. The van der Waals surface area contributed by atoms with E-state index >= 15 is 0 Å². The molecule has 4 nitrogen and oxygen atoms in total. The van der Waals surface area contributed by atoms with E-state index in [1.54, 1.807) is 24.3 Å². The highest BCUT2D eigenvalue weighted by Crippen LogP contribution is 2.34. The van der Waals surface area contributed by atoms with Gasteiger partial charge in [-0.3, -0.25) is 14.5 Å². The number of benzene rings is 2. The highest BCUT2D eigenvalue weighted by molar-refractivity contribution is 8.18. The van der Waals surface area contributed by atoms with Crippen LogP contribution >= 0.6 is 11.8 Å². The van der Waals surface area contributed by atoms with Crippen molar-refractivity contribution in [1.29, 1.82) is 0 Å². The van der Waals surface area contributed by atoms with E-state index in [0.717, 1.165) is 33.6 Å². The largest absolute Gasteiger partial charge is 0.321 e. The first-order chi connectivity index (χ1) is 13.5. The summed E-state index contributed by atoms with van der Waals surface area (Å²) in [4.78, 5) is 26.4. The number of imide groups is 1. The molecule has 0 atom stereocenters. The van der Waals surface area contributed by atoms with Gasteiger partial charge in [-0.25, -0.2) is 4.39 Å². The molecule has 2 amide bonds. The summed E-state index contributed by atoms with van der Waals surface area (Å²) in [7, 11) is 0. The van der Waals surface area contributed by atoms with Gasteiger partial charge in [0, 0.05) is 23.1 Å². The van der Waals surface area contributed by atoms with Crippen molar-refractivity contribution >= 4 is 29.0 Å². The van der Waals surface area contributed by atoms with Gasteiger partial charge >= 0.3 is 0 Å². The smallest absolute Gasteiger partial charge is 0.293 e. The molecule has 1 aliphatic rings. The van der Waals surface area contributed by atoms with E-state index in [-0.39, 0.29) is 6.54 Å². The Morgan fingerprint density at radius 2 is 1.75 bits per heavy atom. The molecule has 28 heavy (non-hydrogen) atoms. The lowest BCUT2D eigenvalue weighted by Crippen LogP contribution is -2.27. The summed E-state index contributed by atoms with van der Waals surface area (Å²) in [6.07, 6.45) is 3.63. The van der Waals surface area contributed by atoms with Crippen molar-refractivity contribution in [1.82, 2.24) is 9.47 Å². The van der Waals surface area contributed by atoms with Crippen LogP contribution in [0.3, 0.4) is 0 Å². The molecule has 2 aromatic carbocycles. The number of aryl methyl sites for hydroxylation is 1. The molecule has 0 unspecified atom stereocenters. The summed E-state index contributed by atoms with van der Waals surface area (Å²) in [5.74, 6) is -0.829. The van der Waals surface area contributed by atoms with E-state index in [2.05, 4.69) is 0 Å². The number of hydrogen-bond acceptors (Lipinski definition) is 3. The monoisotopic (exact) mass is 392 g/mol. The topological polar surface area (TPSA) is 42.3 Å². The van der Waals surface area contributed by atoms with Crippen LogP contribution in [0.15, 0.2) is 71.8 Å². The molecule has 3 aromatic rings. The second kappa shape index (κ2) is 7.48. The number of amides is 2. The van der Waals surface area contributed by atoms with E-state index < -0.39 is 17.0 Å². The molecule has 1 saturated heterocycles. The number of thioether (sulfide) groups is 1. The van der Waals surface area contributed by atoms with E-state index in [0.29, 0.717) is 10.5 Å². The Morgan fingerprint density at radius 3 is 2.50 bits per heavy atom. The number of nitrogens with zero attached hydrogens (tertiary/aromatic N) is 2. The number of hydrogen-bond donors (Lipinski definition) is 0.